The molecule has 7 nitrogen and oxygen atoms in total. The van der Waals surface area contributed by atoms with Crippen LogP contribution >= 0.6 is 23.4 Å². The van der Waals surface area contributed by atoms with Crippen molar-refractivity contribution in [3.63, 3.8) is 0 Å². The number of rotatable bonds is 7. The van der Waals surface area contributed by atoms with Crippen molar-refractivity contribution in [1.82, 2.24) is 15.6 Å². The number of thioether (sulfide) groups is 1. The van der Waals surface area contributed by atoms with Crippen molar-refractivity contribution < 1.29 is 4.79 Å². The predicted octanol–water partition coefficient (Wildman–Crippen LogP) is 3.08. The van der Waals surface area contributed by atoms with Gasteiger partial charge in [-0.3, -0.25) is 15.1 Å². The molecule has 1 amide bonds. The summed E-state index contributed by atoms with van der Waals surface area (Å²) >= 11 is 7.51. The molecule has 9 heteroatoms. The largest absolute Gasteiger partial charge is 0.330 e. The van der Waals surface area contributed by atoms with Crippen LogP contribution in [0.4, 0.5) is 5.69 Å². The van der Waals surface area contributed by atoms with Gasteiger partial charge < -0.3 is 10.6 Å². The summed E-state index contributed by atoms with van der Waals surface area (Å²) in [5.74, 6) is 0.758. The van der Waals surface area contributed by atoms with Crippen LogP contribution in [0.1, 0.15) is 16.8 Å². The first-order valence-electron chi connectivity index (χ1n) is 8.07. The Balaban J connectivity index is 2.16. The number of carbonyl (C=O) groups excluding carboxylic acids is 1. The molecule has 1 unspecified atom stereocenters. The maximum absolute atomic E-state index is 12.5. The van der Waals surface area contributed by atoms with E-state index in [9.17, 15) is 4.79 Å². The summed E-state index contributed by atoms with van der Waals surface area (Å²) in [5, 5.41) is 17.9. The molecule has 2 rings (SSSR count). The van der Waals surface area contributed by atoms with Crippen molar-refractivity contribution in [2.24, 2.45) is 4.99 Å². The number of benzene rings is 1. The van der Waals surface area contributed by atoms with Crippen LogP contribution in [0.2, 0.25) is 5.02 Å². The smallest absolute Gasteiger partial charge is 0.252 e. The van der Waals surface area contributed by atoms with Gasteiger partial charge in [0.05, 0.1) is 11.9 Å². The first kappa shape index (κ1) is 20.6. The average molecular weight is 403 g/mol. The lowest BCUT2D eigenvalue weighted by atomic mass is 10.2. The van der Waals surface area contributed by atoms with Gasteiger partial charge in [-0.15, -0.1) is 0 Å². The Morgan fingerprint density at radius 1 is 1.37 bits per heavy atom. The Labute approximate surface area is 167 Å². The van der Waals surface area contributed by atoms with Crippen molar-refractivity contribution >= 4 is 40.9 Å². The number of amides is 1. The molecule has 3 N–H and O–H groups in total. The second-order valence-corrected chi connectivity index (χ2v) is 6.78. The molecule has 0 saturated carbocycles. The molecule has 140 valence electrons. The van der Waals surface area contributed by atoms with Crippen LogP contribution in [0, 0.1) is 11.5 Å². The minimum atomic E-state index is -0.513. The van der Waals surface area contributed by atoms with Gasteiger partial charge in [-0.2, -0.15) is 17.0 Å². The summed E-state index contributed by atoms with van der Waals surface area (Å²) in [7, 11) is 0. The third-order valence-electron chi connectivity index (χ3n) is 3.38. The number of nitrogens with one attached hydrogen (secondary N) is 3. The maximum atomic E-state index is 12.5. The molecule has 1 aromatic heterocycles. The number of halogens is 1. The molecule has 0 fully saturated rings. The van der Waals surface area contributed by atoms with E-state index >= 15 is 0 Å². The summed E-state index contributed by atoms with van der Waals surface area (Å²) in [6.07, 6.45) is 7.17. The number of aliphatic imine (C=N–C) groups is 1. The van der Waals surface area contributed by atoms with E-state index in [0.29, 0.717) is 22.7 Å². The van der Waals surface area contributed by atoms with E-state index in [-0.39, 0.29) is 11.9 Å². The zero-order chi connectivity index (χ0) is 19.5. The number of carbonyl (C=O) groups is 1. The highest BCUT2D eigenvalue weighted by molar-refractivity contribution is 7.98. The molecule has 1 atom stereocenters. The van der Waals surface area contributed by atoms with E-state index in [1.165, 1.54) is 0 Å². The molecule has 1 heterocycles. The summed E-state index contributed by atoms with van der Waals surface area (Å²) in [4.78, 5) is 20.9. The van der Waals surface area contributed by atoms with E-state index in [1.54, 1.807) is 60.6 Å². The standard InChI is InChI=1S/C18H19ClN6OS/c1-27-10-8-16(24-17(26)13-4-6-14(19)7-5-13)25-18(22-12-20)23-15-3-2-9-21-11-15/h2-7,9,11,16H,8,10H2,1H3,(H,24,26)(H2,22,23,25). The molecular weight excluding hydrogens is 384 g/mol. The van der Waals surface area contributed by atoms with Gasteiger partial charge in [-0.25, -0.2) is 4.99 Å². The quantitative estimate of drug-likeness (QED) is 0.284. The Morgan fingerprint density at radius 3 is 2.78 bits per heavy atom. The van der Waals surface area contributed by atoms with Gasteiger partial charge in [0.15, 0.2) is 6.19 Å². The molecule has 1 aromatic carbocycles. The number of nitriles is 1. The second-order valence-electron chi connectivity index (χ2n) is 5.36. The minimum absolute atomic E-state index is 0.230. The fourth-order valence-electron chi connectivity index (χ4n) is 2.11. The van der Waals surface area contributed by atoms with Gasteiger partial charge in [0.25, 0.3) is 5.91 Å². The monoisotopic (exact) mass is 402 g/mol. The Kier molecular flexibility index (Phi) is 8.42. The Hall–Kier alpha value is -2.76. The van der Waals surface area contributed by atoms with E-state index in [2.05, 4.69) is 25.9 Å². The van der Waals surface area contributed by atoms with E-state index in [1.807, 2.05) is 12.4 Å². The van der Waals surface area contributed by atoms with Gasteiger partial charge in [0, 0.05) is 16.8 Å². The third kappa shape index (κ3) is 7.17. The third-order valence-corrected chi connectivity index (χ3v) is 4.28. The van der Waals surface area contributed by atoms with Crippen LogP contribution in [-0.2, 0) is 0 Å². The van der Waals surface area contributed by atoms with Crippen LogP contribution in [0.25, 0.3) is 0 Å². The fourth-order valence-corrected chi connectivity index (χ4v) is 2.70. The molecule has 2 aromatic rings. The fraction of sp³-hybridized carbons (Fsp3) is 0.222. The number of anilines is 1. The van der Waals surface area contributed by atoms with Crippen molar-refractivity contribution in [3.05, 3.63) is 59.4 Å². The van der Waals surface area contributed by atoms with Crippen molar-refractivity contribution in [2.45, 2.75) is 12.6 Å². The molecule has 27 heavy (non-hydrogen) atoms. The van der Waals surface area contributed by atoms with E-state index in [0.717, 1.165) is 5.75 Å². The zero-order valence-corrected chi connectivity index (χ0v) is 16.2. The van der Waals surface area contributed by atoms with E-state index in [4.69, 9.17) is 16.9 Å². The van der Waals surface area contributed by atoms with Gasteiger partial charge in [-0.1, -0.05) is 11.6 Å². The lowest BCUT2D eigenvalue weighted by Gasteiger charge is -2.17. The van der Waals surface area contributed by atoms with Crippen LogP contribution in [-0.4, -0.2) is 35.0 Å². The molecule has 0 spiro atoms. The molecule has 0 bridgehead atoms. The highest BCUT2D eigenvalue weighted by Gasteiger charge is 2.14. The Morgan fingerprint density at radius 2 is 2.15 bits per heavy atom. The molecule has 0 aliphatic rings. The number of hydrogen-bond donors (Lipinski definition) is 3. The SMILES string of the molecule is CSCCC(N=C(NC#N)Nc1cccnc1)NC(=O)c1ccc(Cl)cc1. The van der Waals surface area contributed by atoms with Gasteiger partial charge >= 0.3 is 0 Å². The first-order chi connectivity index (χ1) is 13.1. The normalized spacial score (nSPS) is 12.0. The van der Waals surface area contributed by atoms with Crippen LogP contribution in [0.5, 0.6) is 0 Å². The molecule has 0 saturated heterocycles. The summed E-state index contributed by atoms with van der Waals surface area (Å²) < 4.78 is 0. The summed E-state index contributed by atoms with van der Waals surface area (Å²) in [6, 6.07) is 10.2. The second kappa shape index (κ2) is 11.1. The first-order valence-corrected chi connectivity index (χ1v) is 9.85. The number of guanidine groups is 1. The highest BCUT2D eigenvalue weighted by Crippen LogP contribution is 2.11. The zero-order valence-electron chi connectivity index (χ0n) is 14.6. The molecule has 0 aliphatic carbocycles. The lowest BCUT2D eigenvalue weighted by molar-refractivity contribution is 0.0938. The van der Waals surface area contributed by atoms with E-state index < -0.39 is 6.17 Å². The van der Waals surface area contributed by atoms with Crippen molar-refractivity contribution in [1.29, 1.82) is 5.26 Å². The number of pyridine rings is 1. The van der Waals surface area contributed by atoms with Gasteiger partial charge in [0.1, 0.15) is 6.17 Å². The predicted molar refractivity (Wildman–Crippen MR) is 110 cm³/mol. The summed E-state index contributed by atoms with van der Waals surface area (Å²) in [6.45, 7) is 0. The highest BCUT2D eigenvalue weighted by atomic mass is 35.5. The van der Waals surface area contributed by atoms with Crippen LogP contribution in [0.3, 0.4) is 0 Å². The van der Waals surface area contributed by atoms with Crippen molar-refractivity contribution in [3.8, 4) is 6.19 Å². The average Bonchev–Trinajstić information content (AvgIpc) is 2.67. The number of hydrogen-bond acceptors (Lipinski definition) is 5. The van der Waals surface area contributed by atoms with Gasteiger partial charge in [0.2, 0.25) is 5.96 Å². The number of nitrogens with zero attached hydrogens (tertiary/aromatic N) is 3. The number of aromatic nitrogens is 1. The topological polar surface area (TPSA) is 102 Å². The van der Waals surface area contributed by atoms with Crippen LogP contribution < -0.4 is 16.0 Å². The molecule has 0 aliphatic heterocycles. The molecule has 0 radical (unpaired) electrons. The van der Waals surface area contributed by atoms with Gasteiger partial charge in [-0.05, 0) is 54.8 Å². The Bertz CT molecular complexity index is 807. The maximum Gasteiger partial charge on any atom is 0.252 e. The van der Waals surface area contributed by atoms with Crippen molar-refractivity contribution in [2.75, 3.05) is 17.3 Å². The molecular formula is C18H19ClN6OS. The minimum Gasteiger partial charge on any atom is -0.330 e. The van der Waals surface area contributed by atoms with Crippen LogP contribution in [0.15, 0.2) is 53.8 Å². The summed E-state index contributed by atoms with van der Waals surface area (Å²) in [5.41, 5.74) is 1.16. The lowest BCUT2D eigenvalue weighted by Crippen LogP contribution is -2.38.